The minimum atomic E-state index is 0.638. The van der Waals surface area contributed by atoms with Gasteiger partial charge in [0.25, 0.3) is 0 Å². The van der Waals surface area contributed by atoms with Gasteiger partial charge in [-0.3, -0.25) is 0 Å². The molecule has 0 saturated heterocycles. The molecule has 0 atom stereocenters. The molecule has 0 spiro atoms. The Kier molecular flexibility index (Phi) is 1.80. The van der Waals surface area contributed by atoms with Crippen LogP contribution < -0.4 is 0 Å². The highest BCUT2D eigenvalue weighted by atomic mass is 35.5. The van der Waals surface area contributed by atoms with Gasteiger partial charge in [0.05, 0.1) is 10.7 Å². The van der Waals surface area contributed by atoms with Crippen molar-refractivity contribution in [1.82, 2.24) is 14.8 Å². The molecule has 0 unspecified atom stereocenters. The molecule has 0 N–H and O–H groups in total. The first kappa shape index (κ1) is 7.31. The number of hydrogen-bond acceptors (Lipinski definition) is 2. The first-order chi connectivity index (χ1) is 5.88. The molecule has 59 valence electrons. The smallest absolute Gasteiger partial charge is 0.201 e. The largest absolute Gasteiger partial charge is 0.212 e. The molecule has 0 bridgehead atoms. The van der Waals surface area contributed by atoms with Crippen molar-refractivity contribution in [3.05, 3.63) is 41.9 Å². The topological polar surface area (TPSA) is 30.7 Å². The highest BCUT2D eigenvalue weighted by molar-refractivity contribution is 6.32. The van der Waals surface area contributed by atoms with E-state index in [1.54, 1.807) is 6.07 Å². The fourth-order valence-electron chi connectivity index (χ4n) is 0.923. The van der Waals surface area contributed by atoms with Gasteiger partial charge in [-0.05, 0) is 12.1 Å². The molecule has 12 heavy (non-hydrogen) atoms. The van der Waals surface area contributed by atoms with Crippen LogP contribution in [0.15, 0.2) is 30.6 Å². The van der Waals surface area contributed by atoms with Crippen LogP contribution in [0.4, 0.5) is 0 Å². The van der Waals surface area contributed by atoms with Crippen LogP contribution in [0.1, 0.15) is 0 Å². The number of benzene rings is 1. The Morgan fingerprint density at radius 1 is 1.33 bits per heavy atom. The van der Waals surface area contributed by atoms with E-state index in [1.165, 1.54) is 11.0 Å². The normalized spacial score (nSPS) is 10.1. The van der Waals surface area contributed by atoms with Crippen molar-refractivity contribution >= 4 is 11.6 Å². The van der Waals surface area contributed by atoms with E-state index < -0.39 is 0 Å². The molecule has 0 amide bonds. The van der Waals surface area contributed by atoms with Crippen molar-refractivity contribution < 1.29 is 0 Å². The lowest BCUT2D eigenvalue weighted by Crippen LogP contribution is -1.94. The van der Waals surface area contributed by atoms with Crippen LogP contribution >= 0.6 is 11.6 Å². The molecule has 0 aliphatic rings. The predicted molar refractivity (Wildman–Crippen MR) is 45.2 cm³/mol. The summed E-state index contributed by atoms with van der Waals surface area (Å²) in [6, 6.07) is 7.40. The Bertz CT molecular complexity index is 370. The third kappa shape index (κ3) is 1.19. The van der Waals surface area contributed by atoms with Gasteiger partial charge in [-0.1, -0.05) is 23.7 Å². The maximum Gasteiger partial charge on any atom is 0.201 e. The van der Waals surface area contributed by atoms with E-state index in [0.717, 1.165) is 5.69 Å². The fourth-order valence-corrected chi connectivity index (χ4v) is 1.14. The molecule has 2 aromatic rings. The second-order valence-corrected chi connectivity index (χ2v) is 2.63. The van der Waals surface area contributed by atoms with Gasteiger partial charge in [0.15, 0.2) is 0 Å². The van der Waals surface area contributed by atoms with E-state index >= 15 is 0 Å². The monoisotopic (exact) mass is 178 g/mol. The number of nitrogens with zero attached hydrogens (tertiary/aromatic N) is 3. The molecule has 0 aliphatic carbocycles. The molecular weight excluding hydrogens is 174 g/mol. The zero-order valence-corrected chi connectivity index (χ0v) is 6.86. The van der Waals surface area contributed by atoms with Gasteiger partial charge in [-0.25, -0.2) is 9.67 Å². The Balaban J connectivity index is 2.55. The van der Waals surface area contributed by atoms with Gasteiger partial charge in [-0.15, -0.1) is 0 Å². The quantitative estimate of drug-likeness (QED) is 0.666. The second-order valence-electron chi connectivity index (χ2n) is 2.22. The lowest BCUT2D eigenvalue weighted by molar-refractivity contribution is 0.872. The molecule has 1 heterocycles. The fraction of sp³-hybridized carbons (Fsp3) is 0. The average molecular weight is 179 g/mol. The maximum atomic E-state index is 5.91. The third-order valence-corrected chi connectivity index (χ3v) is 1.78. The van der Waals surface area contributed by atoms with E-state index in [2.05, 4.69) is 16.4 Å². The maximum absolute atomic E-state index is 5.91. The summed E-state index contributed by atoms with van der Waals surface area (Å²) < 4.78 is 1.50. The Morgan fingerprint density at radius 2 is 2.17 bits per heavy atom. The van der Waals surface area contributed by atoms with Crippen molar-refractivity contribution in [2.45, 2.75) is 0 Å². The van der Waals surface area contributed by atoms with Crippen LogP contribution in [0.25, 0.3) is 5.69 Å². The van der Waals surface area contributed by atoms with Gasteiger partial charge in [0.2, 0.25) is 6.33 Å². The van der Waals surface area contributed by atoms with Crippen molar-refractivity contribution in [3.8, 4) is 5.69 Å². The number of rotatable bonds is 1. The number of para-hydroxylation sites is 1. The Hall–Kier alpha value is -1.35. The molecule has 3 nitrogen and oxygen atoms in total. The SMILES string of the molecule is Clc1ccccc1-n1[c]ncn1. The minimum Gasteiger partial charge on any atom is -0.212 e. The van der Waals surface area contributed by atoms with E-state index in [4.69, 9.17) is 11.6 Å². The van der Waals surface area contributed by atoms with Crippen molar-refractivity contribution in [2.75, 3.05) is 0 Å². The molecule has 0 aliphatic heterocycles. The molecule has 1 radical (unpaired) electrons. The van der Waals surface area contributed by atoms with E-state index in [1.807, 2.05) is 18.2 Å². The molecule has 1 aromatic heterocycles. The Labute approximate surface area is 74.6 Å². The van der Waals surface area contributed by atoms with E-state index in [-0.39, 0.29) is 0 Å². The van der Waals surface area contributed by atoms with Crippen molar-refractivity contribution in [3.63, 3.8) is 0 Å². The number of hydrogen-bond donors (Lipinski definition) is 0. The Morgan fingerprint density at radius 3 is 2.83 bits per heavy atom. The van der Waals surface area contributed by atoms with Crippen LogP contribution in [-0.4, -0.2) is 14.8 Å². The molecular formula is C8H5ClN3. The van der Waals surface area contributed by atoms with Crippen LogP contribution in [-0.2, 0) is 0 Å². The van der Waals surface area contributed by atoms with Gasteiger partial charge in [0, 0.05) is 0 Å². The summed E-state index contributed by atoms with van der Waals surface area (Å²) in [5, 5.41) is 4.55. The zero-order valence-electron chi connectivity index (χ0n) is 6.11. The summed E-state index contributed by atoms with van der Waals surface area (Å²) >= 11 is 5.91. The van der Waals surface area contributed by atoms with Crippen molar-refractivity contribution in [1.29, 1.82) is 0 Å². The molecule has 0 saturated carbocycles. The van der Waals surface area contributed by atoms with Gasteiger partial charge < -0.3 is 0 Å². The minimum absolute atomic E-state index is 0.638. The van der Waals surface area contributed by atoms with Crippen molar-refractivity contribution in [2.24, 2.45) is 0 Å². The van der Waals surface area contributed by atoms with Gasteiger partial charge in [-0.2, -0.15) is 5.10 Å². The van der Waals surface area contributed by atoms with Crippen LogP contribution in [0, 0.1) is 6.33 Å². The summed E-state index contributed by atoms with van der Waals surface area (Å²) in [6.45, 7) is 0. The number of halogens is 1. The molecule has 1 aromatic carbocycles. The molecule has 2 rings (SSSR count). The summed E-state index contributed by atoms with van der Waals surface area (Å²) in [5.41, 5.74) is 0.789. The standard InChI is InChI=1S/C8H5ClN3/c9-7-3-1-2-4-8(7)12-6-10-5-11-12/h1-5H. The van der Waals surface area contributed by atoms with E-state index in [9.17, 15) is 0 Å². The van der Waals surface area contributed by atoms with Crippen LogP contribution in [0.2, 0.25) is 5.02 Å². The first-order valence-electron chi connectivity index (χ1n) is 3.40. The second kappa shape index (κ2) is 2.95. The molecule has 0 fully saturated rings. The summed E-state index contributed by atoms with van der Waals surface area (Å²) in [4.78, 5) is 3.71. The first-order valence-corrected chi connectivity index (χ1v) is 3.78. The van der Waals surface area contributed by atoms with E-state index in [0.29, 0.717) is 5.02 Å². The summed E-state index contributed by atoms with van der Waals surface area (Å²) in [5.74, 6) is 0. The lowest BCUT2D eigenvalue weighted by Gasteiger charge is -2.00. The number of aromatic nitrogens is 3. The highest BCUT2D eigenvalue weighted by Crippen LogP contribution is 2.17. The third-order valence-electron chi connectivity index (χ3n) is 1.46. The van der Waals surface area contributed by atoms with Gasteiger partial charge in [0.1, 0.15) is 6.33 Å². The lowest BCUT2D eigenvalue weighted by atomic mass is 10.3. The molecule has 4 heteroatoms. The zero-order chi connectivity index (χ0) is 8.39. The van der Waals surface area contributed by atoms with Crippen LogP contribution in [0.5, 0.6) is 0 Å². The highest BCUT2D eigenvalue weighted by Gasteiger charge is 2.00. The summed E-state index contributed by atoms with van der Waals surface area (Å²) in [6.07, 6.45) is 4.09. The average Bonchev–Trinajstić information content (AvgIpc) is 2.57. The predicted octanol–water partition coefficient (Wildman–Crippen LogP) is 1.72. The van der Waals surface area contributed by atoms with Gasteiger partial charge >= 0.3 is 0 Å². The van der Waals surface area contributed by atoms with Crippen LogP contribution in [0.3, 0.4) is 0 Å². The summed E-state index contributed by atoms with van der Waals surface area (Å²) in [7, 11) is 0.